The van der Waals surface area contributed by atoms with Gasteiger partial charge in [0.1, 0.15) is 23.7 Å². The smallest absolute Gasteiger partial charge is 0.290 e. The second kappa shape index (κ2) is 7.99. The van der Waals surface area contributed by atoms with Gasteiger partial charge in [-0.15, -0.1) is 5.10 Å². The average molecular weight is 386 g/mol. The van der Waals surface area contributed by atoms with Crippen LogP contribution in [0.5, 0.6) is 0 Å². The van der Waals surface area contributed by atoms with E-state index in [4.69, 9.17) is 0 Å². The van der Waals surface area contributed by atoms with E-state index in [-0.39, 0.29) is 17.8 Å². The number of aryl methyl sites for hydroxylation is 1. The molecule has 0 radical (unpaired) electrons. The highest BCUT2D eigenvalue weighted by Gasteiger charge is 2.20. The van der Waals surface area contributed by atoms with Gasteiger partial charge in [0.2, 0.25) is 11.8 Å². The second-order valence-electron chi connectivity index (χ2n) is 6.38. The van der Waals surface area contributed by atoms with Crippen LogP contribution in [0, 0.1) is 12.7 Å². The molecule has 0 saturated carbocycles. The summed E-state index contributed by atoms with van der Waals surface area (Å²) in [5, 5.41) is 15.1. The summed E-state index contributed by atoms with van der Waals surface area (Å²) in [4.78, 5) is 36.4. The number of hydrogen-bond acceptors (Lipinski definition) is 5. The number of aromatic nitrogens is 4. The molecule has 0 spiro atoms. The number of carbonyl (C=O) groups is 2. The van der Waals surface area contributed by atoms with Crippen LogP contribution in [0.1, 0.15) is 24.5 Å². The molecule has 0 unspecified atom stereocenters. The summed E-state index contributed by atoms with van der Waals surface area (Å²) in [6.45, 7) is 3.48. The number of fused-ring (bicyclic) bond motifs is 1. The number of nitrogens with one attached hydrogen (secondary N) is 3. The Kier molecular flexibility index (Phi) is 5.48. The van der Waals surface area contributed by atoms with Crippen molar-refractivity contribution in [1.29, 1.82) is 0 Å². The lowest BCUT2D eigenvalue weighted by Gasteiger charge is -2.16. The van der Waals surface area contributed by atoms with E-state index in [0.29, 0.717) is 17.5 Å². The molecule has 1 aromatic carbocycles. The van der Waals surface area contributed by atoms with E-state index in [2.05, 4.69) is 25.9 Å². The third-order valence-corrected chi connectivity index (χ3v) is 4.08. The first-order valence-corrected chi connectivity index (χ1v) is 8.65. The van der Waals surface area contributed by atoms with Crippen LogP contribution in [-0.2, 0) is 16.0 Å². The fourth-order valence-electron chi connectivity index (χ4n) is 2.82. The highest BCUT2D eigenvalue weighted by atomic mass is 19.1. The molecular formula is C18H19FN6O3. The SMILES string of the molecule is CC[C@H](NC(=O)Cc1cc(C)cc(F)c1)C(=O)Nc1cc2c(=O)[nH]ncn2n1. The number of amides is 2. The van der Waals surface area contributed by atoms with Crippen LogP contribution in [0.3, 0.4) is 0 Å². The van der Waals surface area contributed by atoms with E-state index < -0.39 is 29.2 Å². The monoisotopic (exact) mass is 386 g/mol. The van der Waals surface area contributed by atoms with Gasteiger partial charge in [0, 0.05) is 6.07 Å². The molecule has 0 aliphatic carbocycles. The highest BCUT2D eigenvalue weighted by molar-refractivity contribution is 5.97. The molecule has 3 N–H and O–H groups in total. The third kappa shape index (κ3) is 4.40. The maximum Gasteiger partial charge on any atom is 0.290 e. The van der Waals surface area contributed by atoms with Crippen LogP contribution in [0.4, 0.5) is 10.2 Å². The van der Waals surface area contributed by atoms with E-state index in [0.717, 1.165) is 0 Å². The Morgan fingerprint density at radius 2 is 2.07 bits per heavy atom. The van der Waals surface area contributed by atoms with E-state index in [1.54, 1.807) is 19.9 Å². The zero-order valence-electron chi connectivity index (χ0n) is 15.3. The van der Waals surface area contributed by atoms with Gasteiger partial charge in [0.25, 0.3) is 5.56 Å². The summed E-state index contributed by atoms with van der Waals surface area (Å²) in [6, 6.07) is 4.98. The molecule has 2 amide bonds. The Labute approximate surface area is 159 Å². The first-order chi connectivity index (χ1) is 13.4. The van der Waals surface area contributed by atoms with Gasteiger partial charge in [0.05, 0.1) is 6.42 Å². The van der Waals surface area contributed by atoms with Crippen molar-refractivity contribution in [2.24, 2.45) is 0 Å². The quantitative estimate of drug-likeness (QED) is 0.582. The molecule has 3 aromatic rings. The molecule has 0 fully saturated rings. The molecule has 0 saturated heterocycles. The molecule has 3 rings (SSSR count). The topological polar surface area (TPSA) is 121 Å². The summed E-state index contributed by atoms with van der Waals surface area (Å²) in [5.41, 5.74) is 1.02. The summed E-state index contributed by atoms with van der Waals surface area (Å²) in [5.74, 6) is -1.12. The van der Waals surface area contributed by atoms with E-state index in [9.17, 15) is 18.8 Å². The largest absolute Gasteiger partial charge is 0.344 e. The van der Waals surface area contributed by atoms with Crippen molar-refractivity contribution in [1.82, 2.24) is 25.1 Å². The van der Waals surface area contributed by atoms with Crippen molar-refractivity contribution >= 4 is 23.1 Å². The molecule has 0 aliphatic rings. The minimum absolute atomic E-state index is 0.0439. The molecule has 0 aliphatic heterocycles. The molecule has 2 aromatic heterocycles. The van der Waals surface area contributed by atoms with Crippen molar-refractivity contribution in [3.8, 4) is 0 Å². The van der Waals surface area contributed by atoms with Gasteiger partial charge in [-0.1, -0.05) is 13.0 Å². The predicted octanol–water partition coefficient (Wildman–Crippen LogP) is 0.941. The van der Waals surface area contributed by atoms with Gasteiger partial charge < -0.3 is 10.6 Å². The molecule has 9 nitrogen and oxygen atoms in total. The van der Waals surface area contributed by atoms with Crippen molar-refractivity contribution < 1.29 is 14.0 Å². The number of halogens is 1. The summed E-state index contributed by atoms with van der Waals surface area (Å²) < 4.78 is 14.7. The first kappa shape index (κ1) is 19.2. The van der Waals surface area contributed by atoms with Crippen LogP contribution in [0.25, 0.3) is 5.52 Å². The van der Waals surface area contributed by atoms with Crippen LogP contribution in [0.2, 0.25) is 0 Å². The standard InChI is InChI=1S/C18H19FN6O3/c1-3-13(21-16(26)7-11-4-10(2)5-12(19)6-11)17(27)22-15-8-14-18(28)23-20-9-25(14)24-15/h4-6,8-9,13H,3,7H2,1-2H3,(H,21,26)(H,23,28)(H,22,24,27)/t13-/m0/s1. The number of aromatic amines is 1. The van der Waals surface area contributed by atoms with Gasteiger partial charge >= 0.3 is 0 Å². The minimum Gasteiger partial charge on any atom is -0.344 e. The predicted molar refractivity (Wildman–Crippen MR) is 99.3 cm³/mol. The Morgan fingerprint density at radius 3 is 2.75 bits per heavy atom. The van der Waals surface area contributed by atoms with Crippen LogP contribution < -0.4 is 16.2 Å². The summed E-state index contributed by atoms with van der Waals surface area (Å²) in [6.07, 6.45) is 1.60. The molecule has 2 heterocycles. The average Bonchev–Trinajstić information content (AvgIpc) is 3.02. The number of benzene rings is 1. The summed E-state index contributed by atoms with van der Waals surface area (Å²) >= 11 is 0. The zero-order valence-corrected chi connectivity index (χ0v) is 15.3. The molecular weight excluding hydrogens is 367 g/mol. The van der Waals surface area contributed by atoms with Crippen molar-refractivity contribution in [3.05, 3.63) is 57.9 Å². The van der Waals surface area contributed by atoms with Crippen molar-refractivity contribution in [2.45, 2.75) is 32.7 Å². The molecule has 10 heteroatoms. The van der Waals surface area contributed by atoms with Crippen molar-refractivity contribution in [3.63, 3.8) is 0 Å². The molecule has 0 bridgehead atoms. The van der Waals surface area contributed by atoms with E-state index in [1.807, 2.05) is 0 Å². The van der Waals surface area contributed by atoms with Gasteiger partial charge in [-0.2, -0.15) is 5.10 Å². The third-order valence-electron chi connectivity index (χ3n) is 4.08. The lowest BCUT2D eigenvalue weighted by atomic mass is 10.1. The Hall–Kier alpha value is -3.56. The maximum absolute atomic E-state index is 13.5. The number of anilines is 1. The zero-order chi connectivity index (χ0) is 20.3. The molecule has 28 heavy (non-hydrogen) atoms. The van der Waals surface area contributed by atoms with Crippen molar-refractivity contribution in [2.75, 3.05) is 5.32 Å². The number of carbonyl (C=O) groups excluding carboxylic acids is 2. The second-order valence-corrected chi connectivity index (χ2v) is 6.38. The summed E-state index contributed by atoms with van der Waals surface area (Å²) in [7, 11) is 0. The van der Waals surface area contributed by atoms with Gasteiger partial charge in [0.15, 0.2) is 5.82 Å². The molecule has 1 atom stereocenters. The lowest BCUT2D eigenvalue weighted by molar-refractivity contribution is -0.126. The van der Waals surface area contributed by atoms with E-state index in [1.165, 1.54) is 29.0 Å². The van der Waals surface area contributed by atoms with Gasteiger partial charge in [-0.25, -0.2) is 14.0 Å². The number of hydrogen-bond donors (Lipinski definition) is 3. The van der Waals surface area contributed by atoms with Crippen LogP contribution >= 0.6 is 0 Å². The Morgan fingerprint density at radius 1 is 1.29 bits per heavy atom. The number of H-pyrrole nitrogens is 1. The first-order valence-electron chi connectivity index (χ1n) is 8.65. The van der Waals surface area contributed by atoms with Crippen LogP contribution in [0.15, 0.2) is 35.4 Å². The Balaban J connectivity index is 1.66. The number of rotatable bonds is 6. The fourth-order valence-corrected chi connectivity index (χ4v) is 2.82. The normalized spacial score (nSPS) is 12.0. The minimum atomic E-state index is -0.802. The maximum atomic E-state index is 13.5. The highest BCUT2D eigenvalue weighted by Crippen LogP contribution is 2.10. The molecule has 146 valence electrons. The van der Waals surface area contributed by atoms with E-state index >= 15 is 0 Å². The number of nitrogens with zero attached hydrogens (tertiary/aromatic N) is 3. The van der Waals surface area contributed by atoms with Gasteiger partial charge in [-0.3, -0.25) is 14.4 Å². The lowest BCUT2D eigenvalue weighted by Crippen LogP contribution is -2.44. The van der Waals surface area contributed by atoms with Gasteiger partial charge in [-0.05, 0) is 36.6 Å². The fraction of sp³-hybridized carbons (Fsp3) is 0.278. The van der Waals surface area contributed by atoms with Crippen LogP contribution in [-0.4, -0.2) is 37.7 Å². The Bertz CT molecular complexity index is 1070.